The Balaban J connectivity index is 1.43. The summed E-state index contributed by atoms with van der Waals surface area (Å²) in [6.45, 7) is 2.31. The van der Waals surface area contributed by atoms with Gasteiger partial charge in [-0.1, -0.05) is 12.1 Å². The first-order valence-corrected chi connectivity index (χ1v) is 9.69. The highest BCUT2D eigenvalue weighted by molar-refractivity contribution is 5.58. The number of aromatic amines is 1. The van der Waals surface area contributed by atoms with Crippen LogP contribution in [0.5, 0.6) is 5.75 Å². The van der Waals surface area contributed by atoms with Crippen molar-refractivity contribution in [2.45, 2.75) is 18.6 Å². The van der Waals surface area contributed by atoms with Crippen molar-refractivity contribution in [3.05, 3.63) is 56.4 Å². The minimum atomic E-state index is -0.550. The maximum atomic E-state index is 13.2. The standard InChI is InChI=1S/C20H21N5O4/c1-28-14-5-3-2-4-13(14)23-6-8-24(9-7-23)25-19(26)16-17(22-20(25)27)15-10-12(11-21)18(16)29-15/h2-5,12,15,18H,6-10H2,1H3,(H,22,27)/t12-,15+,18-/m1/s1. The van der Waals surface area contributed by atoms with Crippen molar-refractivity contribution in [2.75, 3.05) is 43.2 Å². The topological polar surface area (TPSA) is 104 Å². The summed E-state index contributed by atoms with van der Waals surface area (Å²) in [6, 6.07) is 10.0. The van der Waals surface area contributed by atoms with Gasteiger partial charge >= 0.3 is 5.69 Å². The Hall–Kier alpha value is -3.25. The van der Waals surface area contributed by atoms with E-state index in [0.717, 1.165) is 11.4 Å². The molecule has 0 aliphatic carbocycles. The molecule has 1 aromatic carbocycles. The first kappa shape index (κ1) is 17.8. The van der Waals surface area contributed by atoms with Gasteiger partial charge < -0.3 is 24.4 Å². The molecule has 150 valence electrons. The van der Waals surface area contributed by atoms with Gasteiger partial charge in [0, 0.05) is 13.1 Å². The number of H-pyrrole nitrogens is 1. The third kappa shape index (κ3) is 2.63. The predicted molar refractivity (Wildman–Crippen MR) is 105 cm³/mol. The Morgan fingerprint density at radius 1 is 1.21 bits per heavy atom. The average molecular weight is 395 g/mol. The molecule has 2 fully saturated rings. The number of nitriles is 1. The number of para-hydroxylation sites is 2. The molecule has 2 bridgehead atoms. The molecule has 2 aromatic rings. The van der Waals surface area contributed by atoms with E-state index in [1.807, 2.05) is 24.3 Å². The third-order valence-electron chi connectivity index (χ3n) is 6.03. The summed E-state index contributed by atoms with van der Waals surface area (Å²) in [7, 11) is 1.64. The summed E-state index contributed by atoms with van der Waals surface area (Å²) in [5.41, 5.74) is 1.14. The monoisotopic (exact) mass is 395 g/mol. The molecule has 1 aromatic heterocycles. The second-order valence-corrected chi connectivity index (χ2v) is 7.50. The molecular formula is C20H21N5O4. The zero-order chi connectivity index (χ0) is 20.1. The van der Waals surface area contributed by atoms with Crippen LogP contribution in [0.2, 0.25) is 0 Å². The summed E-state index contributed by atoms with van der Waals surface area (Å²) in [6.07, 6.45) is -0.395. The number of ether oxygens (including phenoxy) is 2. The van der Waals surface area contributed by atoms with Crippen LogP contribution in [0, 0.1) is 17.2 Å². The molecule has 29 heavy (non-hydrogen) atoms. The summed E-state index contributed by atoms with van der Waals surface area (Å²) < 4.78 is 12.4. The molecular weight excluding hydrogens is 374 g/mol. The maximum absolute atomic E-state index is 13.2. The average Bonchev–Trinajstić information content (AvgIpc) is 3.33. The van der Waals surface area contributed by atoms with E-state index in [0.29, 0.717) is 43.9 Å². The molecule has 4 heterocycles. The van der Waals surface area contributed by atoms with E-state index in [1.165, 1.54) is 4.68 Å². The van der Waals surface area contributed by atoms with Crippen LogP contribution in [0.1, 0.15) is 29.9 Å². The number of benzene rings is 1. The molecule has 5 rings (SSSR count). The Kier molecular flexibility index (Phi) is 4.10. The summed E-state index contributed by atoms with van der Waals surface area (Å²) in [4.78, 5) is 30.9. The lowest BCUT2D eigenvalue weighted by Crippen LogP contribution is -2.59. The fourth-order valence-electron chi connectivity index (χ4n) is 4.63. The number of hydrogen-bond donors (Lipinski definition) is 1. The summed E-state index contributed by atoms with van der Waals surface area (Å²) in [5.74, 6) is 0.450. The van der Waals surface area contributed by atoms with Crippen LogP contribution in [0.15, 0.2) is 33.9 Å². The van der Waals surface area contributed by atoms with E-state index < -0.39 is 11.8 Å². The van der Waals surface area contributed by atoms with E-state index in [1.54, 1.807) is 12.1 Å². The van der Waals surface area contributed by atoms with Gasteiger partial charge in [-0.15, -0.1) is 0 Å². The molecule has 0 saturated carbocycles. The van der Waals surface area contributed by atoms with Crippen molar-refractivity contribution in [1.82, 2.24) is 9.66 Å². The van der Waals surface area contributed by atoms with E-state index in [4.69, 9.17) is 9.47 Å². The van der Waals surface area contributed by atoms with Gasteiger partial charge in [-0.25, -0.2) is 4.79 Å². The first-order valence-electron chi connectivity index (χ1n) is 9.69. The molecule has 0 radical (unpaired) electrons. The van der Waals surface area contributed by atoms with Crippen LogP contribution in [0.25, 0.3) is 0 Å². The smallest absolute Gasteiger partial charge is 0.347 e. The number of methoxy groups -OCH3 is 1. The Bertz CT molecular complexity index is 1110. The van der Waals surface area contributed by atoms with Crippen molar-refractivity contribution >= 4 is 5.69 Å². The lowest BCUT2D eigenvalue weighted by molar-refractivity contribution is 0.0639. The van der Waals surface area contributed by atoms with Gasteiger partial charge in [-0.2, -0.15) is 9.94 Å². The minimum absolute atomic E-state index is 0.345. The van der Waals surface area contributed by atoms with Crippen molar-refractivity contribution in [1.29, 1.82) is 5.26 Å². The molecule has 2 saturated heterocycles. The van der Waals surface area contributed by atoms with Crippen LogP contribution in [0.4, 0.5) is 5.69 Å². The van der Waals surface area contributed by atoms with Crippen molar-refractivity contribution in [2.24, 2.45) is 5.92 Å². The quantitative estimate of drug-likeness (QED) is 0.814. The number of anilines is 1. The Morgan fingerprint density at radius 3 is 2.69 bits per heavy atom. The van der Waals surface area contributed by atoms with Crippen molar-refractivity contribution < 1.29 is 9.47 Å². The van der Waals surface area contributed by atoms with Crippen LogP contribution in [0.3, 0.4) is 0 Å². The summed E-state index contributed by atoms with van der Waals surface area (Å²) >= 11 is 0. The van der Waals surface area contributed by atoms with Gasteiger partial charge in [0.2, 0.25) is 0 Å². The normalized spacial score (nSPS) is 25.0. The second kappa shape index (κ2) is 6.67. The molecule has 3 aliphatic heterocycles. The fraction of sp³-hybridized carbons (Fsp3) is 0.450. The van der Waals surface area contributed by atoms with Gasteiger partial charge in [0.25, 0.3) is 5.56 Å². The molecule has 0 unspecified atom stereocenters. The van der Waals surface area contributed by atoms with Crippen LogP contribution < -0.4 is 25.9 Å². The zero-order valence-corrected chi connectivity index (χ0v) is 16.0. The lowest BCUT2D eigenvalue weighted by Gasteiger charge is -2.37. The third-order valence-corrected chi connectivity index (χ3v) is 6.03. The number of fused-ring (bicyclic) bond motifs is 5. The van der Waals surface area contributed by atoms with Gasteiger partial charge in [-0.05, 0) is 18.6 Å². The highest BCUT2D eigenvalue weighted by atomic mass is 16.5. The molecule has 3 aliphatic rings. The van der Waals surface area contributed by atoms with Crippen molar-refractivity contribution in [3.63, 3.8) is 0 Å². The molecule has 0 amide bonds. The number of nitrogens with one attached hydrogen (secondary N) is 1. The minimum Gasteiger partial charge on any atom is -0.495 e. The van der Waals surface area contributed by atoms with Crippen LogP contribution in [-0.2, 0) is 4.74 Å². The SMILES string of the molecule is COc1ccccc1N1CCN(n2c(=O)[nH]c3c(c2=O)[C@@H]2O[C@H]3C[C@@H]2C#N)CC1. The van der Waals surface area contributed by atoms with E-state index in [2.05, 4.69) is 16.0 Å². The first-order chi connectivity index (χ1) is 14.1. The highest BCUT2D eigenvalue weighted by Crippen LogP contribution is 2.51. The molecule has 9 heteroatoms. The number of hydrogen-bond acceptors (Lipinski definition) is 7. The van der Waals surface area contributed by atoms with Gasteiger partial charge in [0.1, 0.15) is 18.0 Å². The van der Waals surface area contributed by atoms with Gasteiger partial charge in [0.05, 0.1) is 49.1 Å². The van der Waals surface area contributed by atoms with Crippen molar-refractivity contribution in [3.8, 4) is 11.8 Å². The fourth-order valence-corrected chi connectivity index (χ4v) is 4.63. The molecule has 0 spiro atoms. The molecule has 9 nitrogen and oxygen atoms in total. The lowest BCUT2D eigenvalue weighted by atomic mass is 9.88. The Labute approximate surface area is 166 Å². The molecule has 3 atom stereocenters. The molecule has 1 N–H and O–H groups in total. The number of piperazine rings is 1. The predicted octanol–water partition coefficient (Wildman–Crippen LogP) is 0.659. The number of nitrogens with zero attached hydrogens (tertiary/aromatic N) is 4. The number of aromatic nitrogens is 2. The van der Waals surface area contributed by atoms with E-state index >= 15 is 0 Å². The van der Waals surface area contributed by atoms with E-state index in [-0.39, 0.29) is 17.6 Å². The largest absolute Gasteiger partial charge is 0.495 e. The second-order valence-electron chi connectivity index (χ2n) is 7.50. The zero-order valence-electron chi connectivity index (χ0n) is 16.0. The number of rotatable bonds is 3. The van der Waals surface area contributed by atoms with Gasteiger partial charge in [-0.3, -0.25) is 4.79 Å². The Morgan fingerprint density at radius 2 is 1.97 bits per heavy atom. The van der Waals surface area contributed by atoms with Crippen LogP contribution in [-0.4, -0.2) is 42.9 Å². The summed E-state index contributed by atoms with van der Waals surface area (Å²) in [5, 5.41) is 11.1. The van der Waals surface area contributed by atoms with Gasteiger partial charge in [0.15, 0.2) is 0 Å². The van der Waals surface area contributed by atoms with Crippen LogP contribution >= 0.6 is 0 Å². The maximum Gasteiger partial charge on any atom is 0.347 e. The highest BCUT2D eigenvalue weighted by Gasteiger charge is 2.48. The van der Waals surface area contributed by atoms with E-state index in [9.17, 15) is 14.9 Å².